The van der Waals surface area contributed by atoms with Crippen LogP contribution in [0.3, 0.4) is 0 Å². The van der Waals surface area contributed by atoms with Crippen LogP contribution in [-0.4, -0.2) is 22.2 Å². The zero-order chi connectivity index (χ0) is 25.1. The molecule has 2 N–H and O–H groups in total. The standard InChI is InChI=1S/2C12H10.C7H10O4/c2*1-3-7-11(8-4-1)12-9-5-2-6-10-12;8-6(9)4-2-1-3-5-7(10)11/h2*1-10H;2,4H,1,3,5H2,(H,8,9)(H,10,11). The highest BCUT2D eigenvalue weighted by Gasteiger charge is 1.94. The molecule has 0 spiro atoms. The highest BCUT2D eigenvalue weighted by atomic mass is 16.4. The van der Waals surface area contributed by atoms with Crippen LogP contribution in [-0.2, 0) is 9.59 Å². The maximum absolute atomic E-state index is 9.96. The maximum atomic E-state index is 9.96. The maximum Gasteiger partial charge on any atom is 0.327 e. The van der Waals surface area contributed by atoms with Crippen LogP contribution in [0.15, 0.2) is 133 Å². The lowest BCUT2D eigenvalue weighted by Crippen LogP contribution is -1.93. The predicted molar refractivity (Wildman–Crippen MR) is 142 cm³/mol. The minimum Gasteiger partial charge on any atom is -0.481 e. The van der Waals surface area contributed by atoms with Crippen LogP contribution in [0.25, 0.3) is 22.3 Å². The monoisotopic (exact) mass is 466 g/mol. The molecule has 0 fully saturated rings. The fourth-order valence-electron chi connectivity index (χ4n) is 3.08. The summed E-state index contributed by atoms with van der Waals surface area (Å²) in [5, 5.41) is 16.3. The Bertz CT molecular complexity index is 990. The lowest BCUT2D eigenvalue weighted by molar-refractivity contribution is -0.137. The molecule has 0 aliphatic carbocycles. The van der Waals surface area contributed by atoms with Gasteiger partial charge in [-0.2, -0.15) is 0 Å². The molecular formula is C31H30O4. The molecule has 0 atom stereocenters. The van der Waals surface area contributed by atoms with E-state index >= 15 is 0 Å². The quantitative estimate of drug-likeness (QED) is 0.217. The first-order chi connectivity index (χ1) is 17.1. The smallest absolute Gasteiger partial charge is 0.327 e. The van der Waals surface area contributed by atoms with Gasteiger partial charge >= 0.3 is 11.9 Å². The molecule has 0 aliphatic rings. The highest BCUT2D eigenvalue weighted by molar-refractivity contribution is 5.79. The number of unbranched alkanes of at least 4 members (excludes halogenated alkanes) is 1. The second kappa shape index (κ2) is 16.2. The van der Waals surface area contributed by atoms with Gasteiger partial charge in [0.1, 0.15) is 0 Å². The number of carboxylic acids is 2. The zero-order valence-corrected chi connectivity index (χ0v) is 19.5. The van der Waals surface area contributed by atoms with Crippen LogP contribution in [0.2, 0.25) is 0 Å². The zero-order valence-electron chi connectivity index (χ0n) is 19.5. The molecule has 0 saturated carbocycles. The second-order valence-electron chi connectivity index (χ2n) is 7.49. The molecule has 0 radical (unpaired) electrons. The first kappa shape index (κ1) is 26.8. The summed E-state index contributed by atoms with van der Waals surface area (Å²) in [7, 11) is 0. The average molecular weight is 467 g/mol. The number of rotatable bonds is 7. The Hall–Kier alpha value is -4.44. The van der Waals surface area contributed by atoms with Gasteiger partial charge in [-0.25, -0.2) is 4.79 Å². The third kappa shape index (κ3) is 11.8. The highest BCUT2D eigenvalue weighted by Crippen LogP contribution is 2.18. The summed E-state index contributed by atoms with van der Waals surface area (Å²) in [6, 6.07) is 41.6. The molecule has 4 aromatic rings. The van der Waals surface area contributed by atoms with E-state index in [1.807, 2.05) is 24.3 Å². The van der Waals surface area contributed by atoms with E-state index in [-0.39, 0.29) is 6.42 Å². The predicted octanol–water partition coefficient (Wildman–Crippen LogP) is 7.59. The van der Waals surface area contributed by atoms with E-state index in [0.717, 1.165) is 6.08 Å². The normalized spacial score (nSPS) is 9.83. The number of hydrogen-bond donors (Lipinski definition) is 2. The summed E-state index contributed by atoms with van der Waals surface area (Å²) in [5.41, 5.74) is 5.10. The van der Waals surface area contributed by atoms with Crippen LogP contribution in [0.5, 0.6) is 0 Å². The summed E-state index contributed by atoms with van der Waals surface area (Å²) in [6.07, 6.45) is 3.54. The van der Waals surface area contributed by atoms with E-state index in [1.54, 1.807) is 0 Å². The summed E-state index contributed by atoms with van der Waals surface area (Å²) < 4.78 is 0. The van der Waals surface area contributed by atoms with E-state index in [4.69, 9.17) is 10.2 Å². The molecule has 0 amide bonds. The molecule has 4 heteroatoms. The molecule has 0 heterocycles. The lowest BCUT2D eigenvalue weighted by Gasteiger charge is -1.98. The molecule has 0 bridgehead atoms. The van der Waals surface area contributed by atoms with Gasteiger partial charge in [-0.05, 0) is 35.1 Å². The van der Waals surface area contributed by atoms with E-state index in [9.17, 15) is 9.59 Å². The van der Waals surface area contributed by atoms with Crippen LogP contribution in [0.1, 0.15) is 19.3 Å². The van der Waals surface area contributed by atoms with Crippen molar-refractivity contribution in [1.82, 2.24) is 0 Å². The first-order valence-electron chi connectivity index (χ1n) is 11.4. The molecule has 0 aromatic heterocycles. The van der Waals surface area contributed by atoms with Gasteiger partial charge in [-0.15, -0.1) is 0 Å². The van der Waals surface area contributed by atoms with Crippen LogP contribution < -0.4 is 0 Å². The van der Waals surface area contributed by atoms with Crippen molar-refractivity contribution < 1.29 is 19.8 Å². The SMILES string of the molecule is O=C(O)C=CCCCC(=O)O.c1ccc(-c2ccccc2)cc1.c1ccc(-c2ccccc2)cc1. The molecule has 178 valence electrons. The molecule has 0 aliphatic heterocycles. The molecule has 4 rings (SSSR count). The Morgan fingerprint density at radius 1 is 0.543 bits per heavy atom. The van der Waals surface area contributed by atoms with E-state index < -0.39 is 11.9 Å². The molecule has 4 nitrogen and oxygen atoms in total. The average Bonchev–Trinajstić information content (AvgIpc) is 2.91. The third-order valence-corrected chi connectivity index (χ3v) is 4.78. The van der Waals surface area contributed by atoms with Gasteiger partial charge in [0, 0.05) is 12.5 Å². The summed E-state index contributed by atoms with van der Waals surface area (Å²) in [5.74, 6) is -1.85. The number of allylic oxidation sites excluding steroid dienone is 1. The number of carbonyl (C=O) groups is 2. The Kier molecular flexibility index (Phi) is 12.4. The largest absolute Gasteiger partial charge is 0.481 e. The van der Waals surface area contributed by atoms with Gasteiger partial charge < -0.3 is 10.2 Å². The van der Waals surface area contributed by atoms with Crippen molar-refractivity contribution in [3.63, 3.8) is 0 Å². The van der Waals surface area contributed by atoms with Crippen molar-refractivity contribution >= 4 is 11.9 Å². The number of benzene rings is 4. The number of carboxylic acid groups (broad SMARTS) is 2. The topological polar surface area (TPSA) is 74.6 Å². The lowest BCUT2D eigenvalue weighted by atomic mass is 10.1. The van der Waals surface area contributed by atoms with Crippen molar-refractivity contribution in [3.8, 4) is 22.3 Å². The van der Waals surface area contributed by atoms with E-state index in [2.05, 4.69) is 97.1 Å². The molecule has 0 unspecified atom stereocenters. The van der Waals surface area contributed by atoms with Crippen molar-refractivity contribution in [2.24, 2.45) is 0 Å². The fraction of sp³-hybridized carbons (Fsp3) is 0.0968. The van der Waals surface area contributed by atoms with Crippen LogP contribution >= 0.6 is 0 Å². The summed E-state index contributed by atoms with van der Waals surface area (Å²) >= 11 is 0. The summed E-state index contributed by atoms with van der Waals surface area (Å²) in [4.78, 5) is 19.8. The van der Waals surface area contributed by atoms with Crippen molar-refractivity contribution in [1.29, 1.82) is 0 Å². The minimum atomic E-state index is -1.000. The Labute approximate surface area is 206 Å². The fourth-order valence-corrected chi connectivity index (χ4v) is 3.08. The van der Waals surface area contributed by atoms with Gasteiger partial charge in [-0.1, -0.05) is 127 Å². The van der Waals surface area contributed by atoms with Gasteiger partial charge in [0.15, 0.2) is 0 Å². The van der Waals surface area contributed by atoms with Gasteiger partial charge in [0.05, 0.1) is 0 Å². The van der Waals surface area contributed by atoms with Gasteiger partial charge in [0.2, 0.25) is 0 Å². The van der Waals surface area contributed by atoms with Crippen molar-refractivity contribution in [2.75, 3.05) is 0 Å². The molecular weight excluding hydrogens is 436 g/mol. The molecule has 35 heavy (non-hydrogen) atoms. The number of hydrogen-bond acceptors (Lipinski definition) is 2. The summed E-state index contributed by atoms with van der Waals surface area (Å²) in [6.45, 7) is 0. The van der Waals surface area contributed by atoms with Crippen molar-refractivity contribution in [3.05, 3.63) is 133 Å². The van der Waals surface area contributed by atoms with Crippen LogP contribution in [0, 0.1) is 0 Å². The molecule has 4 aromatic carbocycles. The first-order valence-corrected chi connectivity index (χ1v) is 11.4. The second-order valence-corrected chi connectivity index (χ2v) is 7.49. The van der Waals surface area contributed by atoms with Gasteiger partial charge in [0.25, 0.3) is 0 Å². The van der Waals surface area contributed by atoms with E-state index in [1.165, 1.54) is 28.3 Å². The third-order valence-electron chi connectivity index (χ3n) is 4.78. The Morgan fingerprint density at radius 3 is 1.11 bits per heavy atom. The Morgan fingerprint density at radius 2 is 0.857 bits per heavy atom. The van der Waals surface area contributed by atoms with Crippen molar-refractivity contribution in [2.45, 2.75) is 19.3 Å². The Balaban J connectivity index is 0.000000186. The number of aliphatic carboxylic acids is 2. The van der Waals surface area contributed by atoms with Gasteiger partial charge in [-0.3, -0.25) is 4.79 Å². The minimum absolute atomic E-state index is 0.0873. The molecule has 0 saturated heterocycles. The van der Waals surface area contributed by atoms with E-state index in [0.29, 0.717) is 12.8 Å². The van der Waals surface area contributed by atoms with Crippen LogP contribution in [0.4, 0.5) is 0 Å².